The van der Waals surface area contributed by atoms with Gasteiger partial charge >= 0.3 is 0 Å². The van der Waals surface area contributed by atoms with E-state index >= 15 is 0 Å². The van der Waals surface area contributed by atoms with E-state index in [0.717, 1.165) is 41.2 Å². The van der Waals surface area contributed by atoms with Crippen LogP contribution < -0.4 is 4.90 Å². The third-order valence-corrected chi connectivity index (χ3v) is 5.25. The standard InChI is InChI=1S/C23H27N3.2ClH/c1-23(2,3)18-13-11-17(12-14-18)21-24-20-10-6-5-9-19(20)22(25-21)26-15-7-4-8-16-26;;/h5-6,9-14H,4,7-8,15-16H2,1-3H3;2*1H. The number of nitrogens with zero attached hydrogens (tertiary/aromatic N) is 3. The Kier molecular flexibility index (Phi) is 7.30. The summed E-state index contributed by atoms with van der Waals surface area (Å²) in [5.41, 5.74) is 3.60. The van der Waals surface area contributed by atoms with E-state index in [1.54, 1.807) is 0 Å². The molecule has 0 radical (unpaired) electrons. The summed E-state index contributed by atoms with van der Waals surface area (Å²) < 4.78 is 0. The molecule has 5 heteroatoms. The molecule has 1 aliphatic rings. The van der Waals surface area contributed by atoms with Gasteiger partial charge in [0.15, 0.2) is 5.82 Å². The third-order valence-electron chi connectivity index (χ3n) is 5.25. The summed E-state index contributed by atoms with van der Waals surface area (Å²) in [5.74, 6) is 1.91. The average Bonchev–Trinajstić information content (AvgIpc) is 2.67. The van der Waals surface area contributed by atoms with E-state index in [-0.39, 0.29) is 30.2 Å². The van der Waals surface area contributed by atoms with Crippen LogP contribution in [0.25, 0.3) is 22.3 Å². The maximum absolute atomic E-state index is 5.00. The molecule has 3 nitrogen and oxygen atoms in total. The molecule has 0 amide bonds. The Morgan fingerprint density at radius 2 is 1.43 bits per heavy atom. The number of anilines is 1. The zero-order valence-corrected chi connectivity index (χ0v) is 18.4. The molecule has 0 spiro atoms. The van der Waals surface area contributed by atoms with Gasteiger partial charge in [-0.25, -0.2) is 9.97 Å². The van der Waals surface area contributed by atoms with Gasteiger partial charge in [-0.3, -0.25) is 0 Å². The Hall–Kier alpha value is -1.84. The number of rotatable bonds is 2. The van der Waals surface area contributed by atoms with Crippen LogP contribution in [0.5, 0.6) is 0 Å². The molecule has 0 saturated carbocycles. The van der Waals surface area contributed by atoms with E-state index in [9.17, 15) is 0 Å². The predicted molar refractivity (Wildman–Crippen MR) is 124 cm³/mol. The number of halogens is 2. The molecule has 4 rings (SSSR count). The highest BCUT2D eigenvalue weighted by atomic mass is 35.5. The lowest BCUT2D eigenvalue weighted by atomic mass is 9.87. The number of aromatic nitrogens is 2. The molecule has 1 aromatic heterocycles. The number of benzene rings is 2. The minimum Gasteiger partial charge on any atom is -0.356 e. The second-order valence-corrected chi connectivity index (χ2v) is 8.26. The monoisotopic (exact) mass is 417 g/mol. The van der Waals surface area contributed by atoms with Gasteiger partial charge in [0.1, 0.15) is 5.82 Å². The van der Waals surface area contributed by atoms with Crippen molar-refractivity contribution in [3.8, 4) is 11.4 Å². The summed E-state index contributed by atoms with van der Waals surface area (Å²) in [4.78, 5) is 12.3. The molecule has 0 atom stereocenters. The zero-order chi connectivity index (χ0) is 18.1. The van der Waals surface area contributed by atoms with E-state index in [1.807, 2.05) is 0 Å². The largest absolute Gasteiger partial charge is 0.356 e. The topological polar surface area (TPSA) is 29.0 Å². The molecule has 1 fully saturated rings. The molecule has 150 valence electrons. The first-order valence-corrected chi connectivity index (χ1v) is 9.65. The van der Waals surface area contributed by atoms with Crippen molar-refractivity contribution in [1.82, 2.24) is 9.97 Å². The molecule has 0 unspecified atom stereocenters. The fourth-order valence-corrected chi connectivity index (χ4v) is 3.66. The summed E-state index contributed by atoms with van der Waals surface area (Å²) in [6.45, 7) is 8.89. The lowest BCUT2D eigenvalue weighted by Crippen LogP contribution is -2.30. The van der Waals surface area contributed by atoms with Crippen LogP contribution in [-0.2, 0) is 5.41 Å². The van der Waals surface area contributed by atoms with Crippen LogP contribution in [-0.4, -0.2) is 23.1 Å². The summed E-state index contributed by atoms with van der Waals surface area (Å²) >= 11 is 0. The smallest absolute Gasteiger partial charge is 0.162 e. The molecule has 0 aliphatic carbocycles. The Morgan fingerprint density at radius 1 is 0.786 bits per heavy atom. The van der Waals surface area contributed by atoms with Gasteiger partial charge in [-0.15, -0.1) is 24.8 Å². The molecule has 28 heavy (non-hydrogen) atoms. The van der Waals surface area contributed by atoms with Crippen LogP contribution in [0.4, 0.5) is 5.82 Å². The minimum absolute atomic E-state index is 0. The summed E-state index contributed by atoms with van der Waals surface area (Å²) in [6, 6.07) is 17.1. The molecule has 1 saturated heterocycles. The predicted octanol–water partition coefficient (Wildman–Crippen LogP) is 6.43. The molecule has 0 N–H and O–H groups in total. The second-order valence-electron chi connectivity index (χ2n) is 8.26. The third kappa shape index (κ3) is 4.59. The van der Waals surface area contributed by atoms with Crippen molar-refractivity contribution in [2.75, 3.05) is 18.0 Å². The Labute approximate surface area is 180 Å². The van der Waals surface area contributed by atoms with Gasteiger partial charge in [-0.1, -0.05) is 57.2 Å². The van der Waals surface area contributed by atoms with Crippen LogP contribution >= 0.6 is 24.8 Å². The molecule has 1 aliphatic heterocycles. The van der Waals surface area contributed by atoms with Crippen LogP contribution in [0.2, 0.25) is 0 Å². The van der Waals surface area contributed by atoms with Crippen molar-refractivity contribution in [1.29, 1.82) is 0 Å². The SMILES string of the molecule is CC(C)(C)c1ccc(-c2nc(N3CCCCC3)c3ccccc3n2)cc1.Cl.Cl. The average molecular weight is 418 g/mol. The Bertz CT molecular complexity index is 911. The van der Waals surface area contributed by atoms with E-state index in [4.69, 9.17) is 9.97 Å². The first-order chi connectivity index (χ1) is 12.5. The van der Waals surface area contributed by atoms with Crippen LogP contribution in [0.15, 0.2) is 48.5 Å². The number of piperidine rings is 1. The van der Waals surface area contributed by atoms with Crippen molar-refractivity contribution < 1.29 is 0 Å². The quantitative estimate of drug-likeness (QED) is 0.480. The summed E-state index contributed by atoms with van der Waals surface area (Å²) in [5, 5.41) is 1.16. The van der Waals surface area contributed by atoms with Gasteiger partial charge in [0.05, 0.1) is 5.52 Å². The number of fused-ring (bicyclic) bond motifs is 1. The highest BCUT2D eigenvalue weighted by Crippen LogP contribution is 2.30. The van der Waals surface area contributed by atoms with Crippen molar-refractivity contribution in [2.45, 2.75) is 45.4 Å². The molecule has 2 aromatic carbocycles. The van der Waals surface area contributed by atoms with E-state index in [0.29, 0.717) is 0 Å². The first-order valence-electron chi connectivity index (χ1n) is 9.65. The second kappa shape index (κ2) is 9.11. The Morgan fingerprint density at radius 3 is 2.07 bits per heavy atom. The molecular weight excluding hydrogens is 389 g/mol. The molecule has 3 aromatic rings. The van der Waals surface area contributed by atoms with Gasteiger partial charge in [0.25, 0.3) is 0 Å². The normalized spacial score (nSPS) is 14.3. The minimum atomic E-state index is 0. The maximum Gasteiger partial charge on any atom is 0.162 e. The van der Waals surface area contributed by atoms with Crippen LogP contribution in [0, 0.1) is 0 Å². The van der Waals surface area contributed by atoms with Gasteiger partial charge in [-0.05, 0) is 42.4 Å². The zero-order valence-electron chi connectivity index (χ0n) is 16.8. The maximum atomic E-state index is 5.00. The molecule has 0 bridgehead atoms. The highest BCUT2D eigenvalue weighted by molar-refractivity contribution is 5.91. The fraction of sp³-hybridized carbons (Fsp3) is 0.391. The van der Waals surface area contributed by atoms with E-state index in [1.165, 1.54) is 24.8 Å². The van der Waals surface area contributed by atoms with Crippen molar-refractivity contribution in [3.63, 3.8) is 0 Å². The first kappa shape index (κ1) is 22.4. The lowest BCUT2D eigenvalue weighted by molar-refractivity contribution is 0.575. The highest BCUT2D eigenvalue weighted by Gasteiger charge is 2.18. The molecule has 2 heterocycles. The number of para-hydroxylation sites is 1. The van der Waals surface area contributed by atoms with E-state index < -0.39 is 0 Å². The summed E-state index contributed by atoms with van der Waals surface area (Å²) in [7, 11) is 0. The van der Waals surface area contributed by atoms with Crippen LogP contribution in [0.3, 0.4) is 0 Å². The van der Waals surface area contributed by atoms with Gasteiger partial charge in [0.2, 0.25) is 0 Å². The fourth-order valence-electron chi connectivity index (χ4n) is 3.66. The number of hydrogen-bond donors (Lipinski definition) is 0. The van der Waals surface area contributed by atoms with Crippen molar-refractivity contribution in [2.24, 2.45) is 0 Å². The van der Waals surface area contributed by atoms with Crippen molar-refractivity contribution >= 4 is 41.5 Å². The van der Waals surface area contributed by atoms with Gasteiger partial charge in [-0.2, -0.15) is 0 Å². The van der Waals surface area contributed by atoms with Gasteiger partial charge < -0.3 is 4.90 Å². The lowest BCUT2D eigenvalue weighted by Gasteiger charge is -2.29. The number of hydrogen-bond acceptors (Lipinski definition) is 3. The van der Waals surface area contributed by atoms with E-state index in [2.05, 4.69) is 74.2 Å². The Balaban J connectivity index is 0.00000140. The van der Waals surface area contributed by atoms with Crippen molar-refractivity contribution in [3.05, 3.63) is 54.1 Å². The molecular formula is C23H29Cl2N3. The van der Waals surface area contributed by atoms with Gasteiger partial charge in [0, 0.05) is 24.0 Å². The summed E-state index contributed by atoms with van der Waals surface area (Å²) in [6.07, 6.45) is 3.81. The van der Waals surface area contributed by atoms with Crippen LogP contribution in [0.1, 0.15) is 45.6 Å².